The maximum absolute atomic E-state index is 12.7. The van der Waals surface area contributed by atoms with Crippen LogP contribution in [-0.4, -0.2) is 24.2 Å². The number of anilines is 1. The van der Waals surface area contributed by atoms with Gasteiger partial charge in [0.1, 0.15) is 0 Å². The molecule has 2 rings (SSSR count). The van der Waals surface area contributed by atoms with E-state index in [1.165, 1.54) is 20.4 Å². The third-order valence-electron chi connectivity index (χ3n) is 3.04. The van der Waals surface area contributed by atoms with Gasteiger partial charge < -0.3 is 19.3 Å². The van der Waals surface area contributed by atoms with E-state index in [0.717, 1.165) is 0 Å². The van der Waals surface area contributed by atoms with Crippen LogP contribution in [-0.2, 0) is 13.6 Å². The molecule has 2 aromatic rings. The van der Waals surface area contributed by atoms with Crippen LogP contribution in [0, 0.1) is 0 Å². The molecule has 9 heteroatoms. The maximum atomic E-state index is 12.7. The third-order valence-corrected chi connectivity index (χ3v) is 5.10. The summed E-state index contributed by atoms with van der Waals surface area (Å²) in [4.78, 5) is 27.6. The van der Waals surface area contributed by atoms with E-state index in [1.54, 1.807) is 24.3 Å². The van der Waals surface area contributed by atoms with Crippen LogP contribution >= 0.6 is 7.60 Å². The summed E-state index contributed by atoms with van der Waals surface area (Å²) in [6, 6.07) is 8.85. The Morgan fingerprint density at radius 3 is 2.32 bits per heavy atom. The largest absolute Gasteiger partial charge is 0.368 e. The van der Waals surface area contributed by atoms with Gasteiger partial charge in [-0.3, -0.25) is 14.3 Å². The summed E-state index contributed by atoms with van der Waals surface area (Å²) >= 11 is 0. The van der Waals surface area contributed by atoms with Crippen LogP contribution in [0.15, 0.2) is 46.1 Å². The molecule has 0 radical (unpaired) electrons. The minimum Gasteiger partial charge on any atom is -0.368 e. The van der Waals surface area contributed by atoms with E-state index in [4.69, 9.17) is 9.05 Å². The molecule has 22 heavy (non-hydrogen) atoms. The van der Waals surface area contributed by atoms with Crippen molar-refractivity contribution < 1.29 is 13.6 Å². The number of benzene rings is 1. The lowest BCUT2D eigenvalue weighted by Crippen LogP contribution is -2.29. The molecule has 1 aromatic carbocycles. The first-order valence-electron chi connectivity index (χ1n) is 6.35. The van der Waals surface area contributed by atoms with Crippen LogP contribution in [0.1, 0.15) is 11.3 Å². The standard InChI is InChI=1S/C13H16N3O5P/c1-20-22(19,21-2)12(15-9-6-4-3-5-7-9)10-8-14-13(18)16-11(10)17/h3-8,12,15H,1-2H3,(H2,14,16,17,18). The monoisotopic (exact) mass is 325 g/mol. The van der Waals surface area contributed by atoms with E-state index in [1.807, 2.05) is 6.07 Å². The maximum Gasteiger partial charge on any atom is 0.356 e. The molecule has 0 amide bonds. The molecule has 0 spiro atoms. The molecule has 8 nitrogen and oxygen atoms in total. The molecule has 0 saturated carbocycles. The first-order chi connectivity index (χ1) is 10.5. The number of para-hydroxylation sites is 1. The number of rotatable bonds is 6. The highest BCUT2D eigenvalue weighted by molar-refractivity contribution is 7.54. The summed E-state index contributed by atoms with van der Waals surface area (Å²) in [5, 5.41) is 2.94. The van der Waals surface area contributed by atoms with Crippen LogP contribution in [0.3, 0.4) is 0 Å². The predicted molar refractivity (Wildman–Crippen MR) is 82.1 cm³/mol. The van der Waals surface area contributed by atoms with Crippen molar-refractivity contribution in [1.82, 2.24) is 9.97 Å². The van der Waals surface area contributed by atoms with Gasteiger partial charge in [-0.25, -0.2) is 4.79 Å². The quantitative estimate of drug-likeness (QED) is 0.696. The van der Waals surface area contributed by atoms with Crippen molar-refractivity contribution in [3.05, 3.63) is 62.9 Å². The molecule has 0 fully saturated rings. The van der Waals surface area contributed by atoms with Gasteiger partial charge in [0.05, 0.1) is 5.56 Å². The van der Waals surface area contributed by atoms with E-state index >= 15 is 0 Å². The fourth-order valence-electron chi connectivity index (χ4n) is 1.93. The SMILES string of the molecule is COP(=O)(OC)C(Nc1ccccc1)c1c[nH]c(=O)[nH]c1=O. The summed E-state index contributed by atoms with van der Waals surface area (Å²) in [6.07, 6.45) is 1.19. The summed E-state index contributed by atoms with van der Waals surface area (Å²) in [7, 11) is -1.22. The Labute approximate surface area is 126 Å². The molecule has 0 aliphatic carbocycles. The summed E-state index contributed by atoms with van der Waals surface area (Å²) in [5.74, 6) is -1.08. The normalized spacial score (nSPS) is 12.8. The summed E-state index contributed by atoms with van der Waals surface area (Å²) < 4.78 is 22.7. The second kappa shape index (κ2) is 6.74. The number of nitrogens with one attached hydrogen (secondary N) is 3. The van der Waals surface area contributed by atoms with Crippen molar-refractivity contribution >= 4 is 13.3 Å². The van der Waals surface area contributed by atoms with Crippen molar-refractivity contribution in [3.8, 4) is 0 Å². The fourth-order valence-corrected chi connectivity index (χ4v) is 3.34. The number of aromatic nitrogens is 2. The Balaban J connectivity index is 2.52. The Hall–Kier alpha value is -2.15. The first-order valence-corrected chi connectivity index (χ1v) is 7.96. The van der Waals surface area contributed by atoms with Crippen LogP contribution in [0.4, 0.5) is 5.69 Å². The second-order valence-electron chi connectivity index (χ2n) is 4.35. The van der Waals surface area contributed by atoms with Crippen molar-refractivity contribution in [2.24, 2.45) is 0 Å². The molecule has 1 heterocycles. The molecule has 1 unspecified atom stereocenters. The number of hydrogen-bond donors (Lipinski definition) is 3. The molecule has 1 atom stereocenters. The zero-order valence-electron chi connectivity index (χ0n) is 12.0. The van der Waals surface area contributed by atoms with Gasteiger partial charge in [0, 0.05) is 26.1 Å². The highest BCUT2D eigenvalue weighted by atomic mass is 31.2. The van der Waals surface area contributed by atoms with Crippen LogP contribution in [0.2, 0.25) is 0 Å². The number of hydrogen-bond acceptors (Lipinski definition) is 6. The average Bonchev–Trinajstić information content (AvgIpc) is 2.53. The molecular weight excluding hydrogens is 309 g/mol. The summed E-state index contributed by atoms with van der Waals surface area (Å²) in [5.41, 5.74) is -0.675. The molecule has 1 aromatic heterocycles. The average molecular weight is 325 g/mol. The predicted octanol–water partition coefficient (Wildman–Crippen LogP) is 1.66. The molecule has 0 aliphatic rings. The Bertz CT molecular complexity index is 778. The van der Waals surface area contributed by atoms with Gasteiger partial charge in [0.15, 0.2) is 5.78 Å². The second-order valence-corrected chi connectivity index (χ2v) is 6.67. The smallest absolute Gasteiger partial charge is 0.356 e. The lowest BCUT2D eigenvalue weighted by molar-refractivity contribution is 0.268. The fraction of sp³-hybridized carbons (Fsp3) is 0.231. The number of H-pyrrole nitrogens is 2. The van der Waals surface area contributed by atoms with Gasteiger partial charge in [-0.2, -0.15) is 0 Å². The zero-order chi connectivity index (χ0) is 16.2. The van der Waals surface area contributed by atoms with Crippen LogP contribution < -0.4 is 16.6 Å². The molecule has 118 valence electrons. The lowest BCUT2D eigenvalue weighted by Gasteiger charge is -2.25. The van der Waals surface area contributed by atoms with E-state index in [9.17, 15) is 14.2 Å². The first kappa shape index (κ1) is 16.2. The zero-order valence-corrected chi connectivity index (χ0v) is 12.9. The van der Waals surface area contributed by atoms with E-state index in [-0.39, 0.29) is 5.56 Å². The highest BCUT2D eigenvalue weighted by Crippen LogP contribution is 2.58. The third kappa shape index (κ3) is 3.36. The molecular formula is C13H16N3O5P. The molecule has 0 bridgehead atoms. The van der Waals surface area contributed by atoms with Crippen molar-refractivity contribution in [1.29, 1.82) is 0 Å². The van der Waals surface area contributed by atoms with Gasteiger partial charge in [0.2, 0.25) is 0 Å². The molecule has 0 saturated heterocycles. The minimum absolute atomic E-state index is 0.0375. The van der Waals surface area contributed by atoms with Crippen molar-refractivity contribution in [2.45, 2.75) is 5.78 Å². The van der Waals surface area contributed by atoms with E-state index < -0.39 is 24.6 Å². The van der Waals surface area contributed by atoms with E-state index in [2.05, 4.69) is 15.3 Å². The number of aromatic amines is 2. The Morgan fingerprint density at radius 1 is 1.14 bits per heavy atom. The molecule has 0 aliphatic heterocycles. The topological polar surface area (TPSA) is 113 Å². The van der Waals surface area contributed by atoms with Gasteiger partial charge in [0.25, 0.3) is 5.56 Å². The van der Waals surface area contributed by atoms with Gasteiger partial charge in [-0.15, -0.1) is 0 Å². The van der Waals surface area contributed by atoms with Crippen LogP contribution in [0.5, 0.6) is 0 Å². The Morgan fingerprint density at radius 2 is 1.77 bits per heavy atom. The van der Waals surface area contributed by atoms with Gasteiger partial charge >= 0.3 is 13.3 Å². The molecule has 3 N–H and O–H groups in total. The van der Waals surface area contributed by atoms with Gasteiger partial charge in [-0.1, -0.05) is 18.2 Å². The highest BCUT2D eigenvalue weighted by Gasteiger charge is 2.37. The Kier molecular flexibility index (Phi) is 4.97. The van der Waals surface area contributed by atoms with Crippen LogP contribution in [0.25, 0.3) is 0 Å². The minimum atomic E-state index is -3.67. The van der Waals surface area contributed by atoms with Crippen molar-refractivity contribution in [2.75, 3.05) is 19.5 Å². The summed E-state index contributed by atoms with van der Waals surface area (Å²) in [6.45, 7) is 0. The lowest BCUT2D eigenvalue weighted by atomic mass is 10.3. The van der Waals surface area contributed by atoms with E-state index in [0.29, 0.717) is 5.69 Å². The van der Waals surface area contributed by atoms with Gasteiger partial charge in [-0.05, 0) is 12.1 Å². The van der Waals surface area contributed by atoms with Crippen molar-refractivity contribution in [3.63, 3.8) is 0 Å².